The van der Waals surface area contributed by atoms with E-state index in [-0.39, 0.29) is 43.3 Å². The first-order valence-corrected chi connectivity index (χ1v) is 17.7. The molecule has 50 heavy (non-hydrogen) atoms. The first-order chi connectivity index (χ1) is 23.8. The van der Waals surface area contributed by atoms with Gasteiger partial charge in [-0.2, -0.15) is 0 Å². The summed E-state index contributed by atoms with van der Waals surface area (Å²) in [5, 5.41) is 11.9. The molecular weight excluding hydrogens is 687 g/mol. The van der Waals surface area contributed by atoms with Gasteiger partial charge in [0.25, 0.3) is 31.6 Å². The second kappa shape index (κ2) is 13.1. The molecule has 1 heterocycles. The summed E-state index contributed by atoms with van der Waals surface area (Å²) < 4.78 is 69.9. The molecule has 6 aromatic rings. The van der Waals surface area contributed by atoms with Crippen molar-refractivity contribution < 1.29 is 36.0 Å². The van der Waals surface area contributed by atoms with Gasteiger partial charge in [-0.1, -0.05) is 24.3 Å². The van der Waals surface area contributed by atoms with Crippen LogP contribution in [0.25, 0.3) is 21.7 Å². The number of nitrogens with zero attached hydrogens (tertiary/aromatic N) is 2. The number of amides is 1. The third-order valence-electron chi connectivity index (χ3n) is 7.99. The molecule has 256 valence electrons. The van der Waals surface area contributed by atoms with E-state index >= 15 is 0 Å². The van der Waals surface area contributed by atoms with Crippen LogP contribution in [0.1, 0.15) is 16.1 Å². The van der Waals surface area contributed by atoms with Crippen LogP contribution in [0.4, 0.5) is 17.1 Å². The number of nitrogens with one attached hydrogen (secondary N) is 3. The molecule has 0 spiro atoms. The van der Waals surface area contributed by atoms with Gasteiger partial charge >= 0.3 is 0 Å². The van der Waals surface area contributed by atoms with Gasteiger partial charge in [-0.15, -0.1) is 0 Å². The fourth-order valence-corrected chi connectivity index (χ4v) is 8.22. The first-order valence-electron chi connectivity index (χ1n) is 14.8. The number of sulfonamides is 1. The van der Waals surface area contributed by atoms with Gasteiger partial charge in [0.1, 0.15) is 11.5 Å². The van der Waals surface area contributed by atoms with Crippen molar-refractivity contribution in [2.24, 2.45) is 0 Å². The van der Waals surface area contributed by atoms with Gasteiger partial charge in [-0.05, 0) is 73.7 Å². The number of ether oxygens (including phenoxy) is 2. The van der Waals surface area contributed by atoms with Crippen LogP contribution in [0.5, 0.6) is 11.5 Å². The monoisotopic (exact) mass is 715 g/mol. The van der Waals surface area contributed by atoms with Crippen molar-refractivity contribution >= 4 is 64.7 Å². The van der Waals surface area contributed by atoms with Gasteiger partial charge < -0.3 is 9.47 Å². The number of benzene rings is 5. The summed E-state index contributed by atoms with van der Waals surface area (Å²) in [7, 11) is -5.62. The average molecular weight is 716 g/mol. The highest BCUT2D eigenvalue weighted by molar-refractivity contribution is 7.92. The summed E-state index contributed by atoms with van der Waals surface area (Å²) in [5.74, 6) is 0.145. The molecule has 0 aliphatic carbocycles. The maximum absolute atomic E-state index is 14.4. The Kier molecular flexibility index (Phi) is 8.82. The highest BCUT2D eigenvalue weighted by Gasteiger charge is 2.30. The molecule has 1 amide bonds. The van der Waals surface area contributed by atoms with Crippen molar-refractivity contribution in [3.05, 3.63) is 124 Å². The lowest BCUT2D eigenvalue weighted by atomic mass is 10.0. The molecule has 5 aromatic carbocycles. The summed E-state index contributed by atoms with van der Waals surface area (Å²) in [6, 6.07) is 24.9. The number of rotatable bonds is 11. The van der Waals surface area contributed by atoms with E-state index < -0.39 is 30.9 Å². The normalized spacial score (nSPS) is 11.7. The maximum Gasteiger partial charge on any atom is 0.272 e. The smallest absolute Gasteiger partial charge is 0.272 e. The van der Waals surface area contributed by atoms with E-state index in [0.717, 1.165) is 3.97 Å². The zero-order chi connectivity index (χ0) is 35.8. The summed E-state index contributed by atoms with van der Waals surface area (Å²) in [4.78, 5) is 24.3. The van der Waals surface area contributed by atoms with E-state index in [4.69, 9.17) is 9.47 Å². The van der Waals surface area contributed by atoms with Gasteiger partial charge in [0.15, 0.2) is 0 Å². The molecule has 0 saturated heterocycles. The highest BCUT2D eigenvalue weighted by Crippen LogP contribution is 2.39. The molecule has 16 heteroatoms. The number of methoxy groups -OCH3 is 2. The van der Waals surface area contributed by atoms with Crippen molar-refractivity contribution in [2.45, 2.75) is 16.7 Å². The Morgan fingerprint density at radius 3 is 1.88 bits per heavy atom. The van der Waals surface area contributed by atoms with E-state index in [9.17, 15) is 31.7 Å². The number of aromatic nitrogens is 1. The SMILES string of the molecule is COc1ccc(S(=O)(=O)Nc2cc3c(C(=O)NNc4ccc([N+](=O)[O-])cc4)c(C)n(S(=O)(=O)c4ccc(OC)cc4)c3c3ccccc23)cc1. The number of hydrogen-bond donors (Lipinski definition) is 3. The molecule has 6 rings (SSSR count). The summed E-state index contributed by atoms with van der Waals surface area (Å²) >= 11 is 0. The molecule has 0 bridgehead atoms. The van der Waals surface area contributed by atoms with E-state index in [1.807, 2.05) is 0 Å². The largest absolute Gasteiger partial charge is 0.497 e. The van der Waals surface area contributed by atoms with Crippen LogP contribution in [0.2, 0.25) is 0 Å². The lowest BCUT2D eigenvalue weighted by molar-refractivity contribution is -0.384. The van der Waals surface area contributed by atoms with E-state index in [1.165, 1.54) is 100 Å². The van der Waals surface area contributed by atoms with Gasteiger partial charge in [-0.25, -0.2) is 20.8 Å². The molecule has 3 N–H and O–H groups in total. The van der Waals surface area contributed by atoms with Crippen molar-refractivity contribution in [1.29, 1.82) is 0 Å². The van der Waals surface area contributed by atoms with Crippen LogP contribution in [0, 0.1) is 17.0 Å². The first kappa shape index (κ1) is 33.8. The molecule has 14 nitrogen and oxygen atoms in total. The number of non-ortho nitro benzene ring substituents is 1. The topological polar surface area (TPSA) is 188 Å². The van der Waals surface area contributed by atoms with Crippen LogP contribution in [0.3, 0.4) is 0 Å². The summed E-state index contributed by atoms with van der Waals surface area (Å²) in [6.07, 6.45) is 0. The second-order valence-electron chi connectivity index (χ2n) is 10.9. The zero-order valence-electron chi connectivity index (χ0n) is 26.7. The number of hydrogen-bond acceptors (Lipinski definition) is 10. The number of nitro benzene ring substituents is 1. The van der Waals surface area contributed by atoms with Crippen LogP contribution < -0.4 is 25.0 Å². The van der Waals surface area contributed by atoms with E-state index in [1.54, 1.807) is 24.3 Å². The Labute approximate surface area is 286 Å². The van der Waals surface area contributed by atoms with Crippen molar-refractivity contribution in [3.8, 4) is 11.5 Å². The molecule has 0 radical (unpaired) electrons. The number of fused-ring (bicyclic) bond motifs is 3. The highest BCUT2D eigenvalue weighted by atomic mass is 32.2. The van der Waals surface area contributed by atoms with Crippen LogP contribution in [-0.2, 0) is 20.0 Å². The number of nitro groups is 1. The Morgan fingerprint density at radius 1 is 0.760 bits per heavy atom. The van der Waals surface area contributed by atoms with Gasteiger partial charge in [0.05, 0.1) is 51.4 Å². The summed E-state index contributed by atoms with van der Waals surface area (Å²) in [5.41, 5.74) is 5.61. The second-order valence-corrected chi connectivity index (χ2v) is 14.4. The molecule has 0 fully saturated rings. The molecule has 0 atom stereocenters. The molecule has 0 saturated carbocycles. The van der Waals surface area contributed by atoms with E-state index in [0.29, 0.717) is 28.0 Å². The number of carbonyl (C=O) groups is 1. The number of anilines is 2. The Hall–Kier alpha value is -6.13. The molecule has 0 aliphatic heterocycles. The third kappa shape index (κ3) is 6.12. The van der Waals surface area contributed by atoms with Crippen molar-refractivity contribution in [1.82, 2.24) is 9.40 Å². The molecule has 0 unspecified atom stereocenters. The van der Waals surface area contributed by atoms with Crippen LogP contribution in [-0.4, -0.2) is 45.9 Å². The average Bonchev–Trinajstić information content (AvgIpc) is 3.43. The minimum Gasteiger partial charge on any atom is -0.497 e. The maximum atomic E-state index is 14.4. The third-order valence-corrected chi connectivity index (χ3v) is 11.2. The van der Waals surface area contributed by atoms with Gasteiger partial charge in [0.2, 0.25) is 0 Å². The van der Waals surface area contributed by atoms with Gasteiger partial charge in [0, 0.05) is 34.0 Å². The number of hydrazine groups is 1. The minimum absolute atomic E-state index is 0.0409. The summed E-state index contributed by atoms with van der Waals surface area (Å²) in [6.45, 7) is 1.47. The van der Waals surface area contributed by atoms with Crippen molar-refractivity contribution in [3.63, 3.8) is 0 Å². The van der Waals surface area contributed by atoms with Crippen molar-refractivity contribution in [2.75, 3.05) is 24.4 Å². The Balaban J connectivity index is 1.54. The molecule has 0 aliphatic rings. The van der Waals surface area contributed by atoms with E-state index in [2.05, 4.69) is 15.6 Å². The molecule has 1 aromatic heterocycles. The Bertz CT molecular complexity index is 2500. The predicted molar refractivity (Wildman–Crippen MR) is 188 cm³/mol. The minimum atomic E-state index is -4.36. The van der Waals surface area contributed by atoms with Crippen LogP contribution in [0.15, 0.2) is 113 Å². The molecular formula is C34H29N5O9S2. The zero-order valence-corrected chi connectivity index (χ0v) is 28.3. The Morgan fingerprint density at radius 2 is 1.32 bits per heavy atom. The lowest BCUT2D eigenvalue weighted by Crippen LogP contribution is -2.30. The quantitative estimate of drug-likeness (QED) is 0.109. The standard InChI is InChI=1S/C34H29N5O9S2/c1-21-32(34(40)36-35-22-8-10-23(11-9-22)39(41)42)30-20-31(37-49(43,44)26-16-12-24(47-2)13-17-26)28-6-4-5-7-29(28)33(30)38(21)50(45,46)27-18-14-25(48-3)15-19-27/h4-20,35,37H,1-3H3,(H,36,40). The fraction of sp³-hybridized carbons (Fsp3) is 0.0882. The van der Waals surface area contributed by atoms with Gasteiger partial charge in [-0.3, -0.25) is 30.5 Å². The number of carbonyl (C=O) groups excluding carboxylic acids is 1. The fourth-order valence-electron chi connectivity index (χ4n) is 5.57. The predicted octanol–water partition coefficient (Wildman–Crippen LogP) is 5.82. The lowest BCUT2D eigenvalue weighted by Gasteiger charge is -2.15. The van der Waals surface area contributed by atoms with Crippen LogP contribution >= 0.6 is 0 Å².